The number of hydrogen-bond donors (Lipinski definition) is 1. The molecule has 7 heteroatoms. The van der Waals surface area contributed by atoms with E-state index in [-0.39, 0.29) is 42.4 Å². The molecule has 1 aromatic carbocycles. The number of rotatable bonds is 2. The van der Waals surface area contributed by atoms with E-state index < -0.39 is 15.1 Å². The Morgan fingerprint density at radius 2 is 2.11 bits per heavy atom. The Bertz CT molecular complexity index is 557. The number of ether oxygens (including phenoxy) is 1. The fourth-order valence-electron chi connectivity index (χ4n) is 2.39. The van der Waals surface area contributed by atoms with E-state index >= 15 is 0 Å². The first-order chi connectivity index (χ1) is 8.37. The summed E-state index contributed by atoms with van der Waals surface area (Å²) in [7, 11) is -3.21. The maximum absolute atomic E-state index is 11.2. The molecule has 1 aliphatic rings. The van der Waals surface area contributed by atoms with Crippen molar-refractivity contribution in [3.8, 4) is 5.75 Å². The summed E-state index contributed by atoms with van der Waals surface area (Å²) in [6.45, 7) is 0. The van der Waals surface area contributed by atoms with Gasteiger partial charge in [0.2, 0.25) is 0 Å². The molecule has 100 valence electrons. The molecule has 0 bridgehead atoms. The molecular weight excluding hydrogens is 279 g/mol. The maximum Gasteiger partial charge on any atom is 1.00 e. The average Bonchev–Trinajstić information content (AvgIpc) is 2.46. The van der Waals surface area contributed by atoms with E-state index in [4.69, 9.17) is 4.74 Å². The fourth-order valence-corrected chi connectivity index (χ4v) is 3.12. The minimum Gasteiger partial charge on any atom is -0.746 e. The van der Waals surface area contributed by atoms with Crippen LogP contribution in [0, 0.1) is 0 Å². The van der Waals surface area contributed by atoms with Gasteiger partial charge in [0.1, 0.15) is 15.9 Å². The van der Waals surface area contributed by atoms with Gasteiger partial charge in [0.05, 0.1) is 7.11 Å². The van der Waals surface area contributed by atoms with Crippen LogP contribution in [0.3, 0.4) is 0 Å². The Kier molecular flexibility index (Phi) is 5.45. The van der Waals surface area contributed by atoms with Gasteiger partial charge in [0.15, 0.2) is 4.93 Å². The normalized spacial score (nSPS) is 22.9. The minimum absolute atomic E-state index is 0. The van der Waals surface area contributed by atoms with Gasteiger partial charge in [0, 0.05) is 6.42 Å². The molecule has 1 N–H and O–H groups in total. The van der Waals surface area contributed by atoms with E-state index in [0.717, 1.165) is 5.56 Å². The third-order valence-corrected chi connectivity index (χ3v) is 4.66. The molecule has 0 fully saturated rings. The van der Waals surface area contributed by atoms with Gasteiger partial charge in [0.25, 0.3) is 0 Å². The number of hydrogen-bond acceptors (Lipinski definition) is 5. The molecule has 1 aliphatic carbocycles. The summed E-state index contributed by atoms with van der Waals surface area (Å²) in [5, 5.41) is 10.1. The van der Waals surface area contributed by atoms with Gasteiger partial charge in [-0.3, -0.25) is 0 Å². The van der Waals surface area contributed by atoms with Crippen LogP contribution in [-0.4, -0.2) is 30.1 Å². The SMILES string of the molecule is COc1cccc2c1CCCC(O)(S(=O)(=O)[O-])C2.[Na+]. The second-order valence-corrected chi connectivity index (χ2v) is 6.20. The van der Waals surface area contributed by atoms with Crippen molar-refractivity contribution >= 4 is 10.1 Å². The van der Waals surface area contributed by atoms with E-state index in [2.05, 4.69) is 0 Å². The molecule has 0 spiro atoms. The Labute approximate surface area is 135 Å². The van der Waals surface area contributed by atoms with Gasteiger partial charge in [-0.1, -0.05) is 12.1 Å². The monoisotopic (exact) mass is 294 g/mol. The van der Waals surface area contributed by atoms with Crippen LogP contribution in [-0.2, 0) is 23.0 Å². The quantitative estimate of drug-likeness (QED) is 0.380. The van der Waals surface area contributed by atoms with Gasteiger partial charge in [-0.15, -0.1) is 0 Å². The predicted molar refractivity (Wildman–Crippen MR) is 64.3 cm³/mol. The second kappa shape index (κ2) is 6.11. The molecule has 0 radical (unpaired) electrons. The van der Waals surface area contributed by atoms with Crippen molar-refractivity contribution in [3.63, 3.8) is 0 Å². The van der Waals surface area contributed by atoms with Crippen molar-refractivity contribution in [2.24, 2.45) is 0 Å². The average molecular weight is 294 g/mol. The Morgan fingerprint density at radius 1 is 1.42 bits per heavy atom. The standard InChI is InChI=1S/C12H16O5S.Na/c1-17-11-6-2-4-9-8-12(13,18(14,15)16)7-3-5-10(9)11;/h2,4,6,13H,3,5,7-8H2,1H3,(H,14,15,16);/q;+1/p-1. The summed E-state index contributed by atoms with van der Waals surface area (Å²) < 4.78 is 38.8. The van der Waals surface area contributed by atoms with Gasteiger partial charge in [-0.2, -0.15) is 0 Å². The first-order valence-electron chi connectivity index (χ1n) is 5.70. The van der Waals surface area contributed by atoms with E-state index in [9.17, 15) is 18.1 Å². The van der Waals surface area contributed by atoms with Crippen LogP contribution in [0.25, 0.3) is 0 Å². The zero-order valence-corrected chi connectivity index (χ0v) is 13.9. The molecule has 0 saturated heterocycles. The van der Waals surface area contributed by atoms with Crippen molar-refractivity contribution in [2.45, 2.75) is 30.6 Å². The number of aliphatic hydroxyl groups is 1. The molecule has 0 amide bonds. The van der Waals surface area contributed by atoms with Crippen LogP contribution >= 0.6 is 0 Å². The van der Waals surface area contributed by atoms with Gasteiger partial charge in [-0.05, 0) is 36.5 Å². The molecular formula is C12H15NaO5S. The van der Waals surface area contributed by atoms with Crippen molar-refractivity contribution in [1.82, 2.24) is 0 Å². The zero-order chi connectivity index (χ0) is 13.4. The third-order valence-electron chi connectivity index (χ3n) is 3.38. The van der Waals surface area contributed by atoms with E-state index in [1.54, 1.807) is 18.2 Å². The minimum atomic E-state index is -4.75. The van der Waals surface area contributed by atoms with Gasteiger partial charge >= 0.3 is 29.6 Å². The van der Waals surface area contributed by atoms with Crippen LogP contribution in [0.2, 0.25) is 0 Å². The summed E-state index contributed by atoms with van der Waals surface area (Å²) in [6, 6.07) is 5.23. The van der Waals surface area contributed by atoms with E-state index in [0.29, 0.717) is 24.2 Å². The smallest absolute Gasteiger partial charge is 0.746 e. The molecule has 0 aliphatic heterocycles. The number of methoxy groups -OCH3 is 1. The molecule has 2 rings (SSSR count). The van der Waals surface area contributed by atoms with Crippen molar-refractivity contribution in [2.75, 3.05) is 7.11 Å². The molecule has 0 heterocycles. The summed E-state index contributed by atoms with van der Waals surface area (Å²) >= 11 is 0. The summed E-state index contributed by atoms with van der Waals surface area (Å²) in [5.74, 6) is 0.667. The Morgan fingerprint density at radius 3 is 2.68 bits per heavy atom. The largest absolute Gasteiger partial charge is 1.00 e. The predicted octanol–water partition coefficient (Wildman–Crippen LogP) is -2.19. The van der Waals surface area contributed by atoms with Crippen molar-refractivity contribution in [1.29, 1.82) is 0 Å². The summed E-state index contributed by atoms with van der Waals surface area (Å²) in [5.41, 5.74) is 1.54. The molecule has 19 heavy (non-hydrogen) atoms. The fraction of sp³-hybridized carbons (Fsp3) is 0.500. The third kappa shape index (κ3) is 3.32. The summed E-state index contributed by atoms with van der Waals surface area (Å²) in [4.78, 5) is -2.20. The van der Waals surface area contributed by atoms with Crippen LogP contribution in [0.1, 0.15) is 24.0 Å². The molecule has 1 atom stereocenters. The molecule has 1 aromatic rings. The first kappa shape index (κ1) is 16.9. The Balaban J connectivity index is 0.00000180. The molecule has 0 aromatic heterocycles. The van der Waals surface area contributed by atoms with Crippen LogP contribution in [0.5, 0.6) is 5.75 Å². The zero-order valence-electron chi connectivity index (χ0n) is 11.0. The van der Waals surface area contributed by atoms with E-state index in [1.165, 1.54) is 7.11 Å². The van der Waals surface area contributed by atoms with Gasteiger partial charge < -0.3 is 14.4 Å². The van der Waals surface area contributed by atoms with Crippen molar-refractivity contribution in [3.05, 3.63) is 29.3 Å². The first-order valence-corrected chi connectivity index (χ1v) is 7.11. The Hall–Kier alpha value is -0.110. The van der Waals surface area contributed by atoms with Crippen LogP contribution in [0.15, 0.2) is 18.2 Å². The topological polar surface area (TPSA) is 86.7 Å². The number of fused-ring (bicyclic) bond motifs is 1. The van der Waals surface area contributed by atoms with Crippen LogP contribution in [0.4, 0.5) is 0 Å². The van der Waals surface area contributed by atoms with Crippen LogP contribution < -0.4 is 34.3 Å². The second-order valence-electron chi connectivity index (χ2n) is 4.53. The van der Waals surface area contributed by atoms with E-state index in [1.807, 2.05) is 0 Å². The summed E-state index contributed by atoms with van der Waals surface area (Å²) in [6.07, 6.45) is 0.810. The van der Waals surface area contributed by atoms with Crippen molar-refractivity contribution < 1.29 is 52.4 Å². The maximum atomic E-state index is 11.2. The number of benzene rings is 1. The van der Waals surface area contributed by atoms with Gasteiger partial charge in [-0.25, -0.2) is 8.42 Å². The molecule has 0 saturated carbocycles. The molecule has 1 unspecified atom stereocenters. The molecule has 5 nitrogen and oxygen atoms in total.